The number of amides is 1. The summed E-state index contributed by atoms with van der Waals surface area (Å²) in [5, 5.41) is 5.94. The molecule has 1 amide bonds. The minimum atomic E-state index is -0.301. The van der Waals surface area contributed by atoms with Crippen LogP contribution >= 0.6 is 0 Å². The molecule has 2 N–H and O–H groups in total. The molecule has 0 aromatic rings. The molecule has 2 unspecified atom stereocenters. The number of methoxy groups -OCH3 is 1. The van der Waals surface area contributed by atoms with Gasteiger partial charge in [-0.25, -0.2) is 0 Å². The van der Waals surface area contributed by atoms with Crippen molar-refractivity contribution in [1.82, 2.24) is 10.6 Å². The van der Waals surface area contributed by atoms with Gasteiger partial charge in [-0.15, -0.1) is 0 Å². The van der Waals surface area contributed by atoms with Gasteiger partial charge in [0.05, 0.1) is 19.6 Å². The standard InChI is InChI=1S/C11H20N2O3/c1-8-4-3-6-12-10(8)11(15)13-7-5-9(14)16-2/h8,10,12H,3-7H2,1-2H3,(H,13,15). The molecule has 0 spiro atoms. The van der Waals surface area contributed by atoms with E-state index in [4.69, 9.17) is 0 Å². The molecule has 1 aliphatic rings. The molecule has 16 heavy (non-hydrogen) atoms. The molecule has 0 aliphatic carbocycles. The SMILES string of the molecule is COC(=O)CCNC(=O)C1NCCCC1C. The van der Waals surface area contributed by atoms with E-state index >= 15 is 0 Å². The van der Waals surface area contributed by atoms with E-state index in [0.29, 0.717) is 12.5 Å². The van der Waals surface area contributed by atoms with Crippen LogP contribution in [0.2, 0.25) is 0 Å². The molecule has 1 saturated heterocycles. The number of carbonyl (C=O) groups excluding carboxylic acids is 2. The first-order valence-electron chi connectivity index (χ1n) is 5.73. The van der Waals surface area contributed by atoms with Crippen LogP contribution in [0.4, 0.5) is 0 Å². The van der Waals surface area contributed by atoms with Gasteiger partial charge in [0.15, 0.2) is 0 Å². The number of rotatable bonds is 4. The predicted octanol–water partition coefficient (Wildman–Crippen LogP) is 0.0538. The van der Waals surface area contributed by atoms with Crippen molar-refractivity contribution in [3.63, 3.8) is 0 Å². The second-order valence-corrected chi connectivity index (χ2v) is 4.17. The van der Waals surface area contributed by atoms with Crippen molar-refractivity contribution >= 4 is 11.9 Å². The van der Waals surface area contributed by atoms with Gasteiger partial charge in [-0.2, -0.15) is 0 Å². The maximum Gasteiger partial charge on any atom is 0.307 e. The topological polar surface area (TPSA) is 67.4 Å². The quantitative estimate of drug-likeness (QED) is 0.667. The Balaban J connectivity index is 2.25. The van der Waals surface area contributed by atoms with Gasteiger partial charge >= 0.3 is 5.97 Å². The lowest BCUT2D eigenvalue weighted by molar-refractivity contribution is -0.140. The van der Waals surface area contributed by atoms with Crippen molar-refractivity contribution in [3.05, 3.63) is 0 Å². The van der Waals surface area contributed by atoms with Gasteiger partial charge in [-0.05, 0) is 25.3 Å². The van der Waals surface area contributed by atoms with Gasteiger partial charge < -0.3 is 15.4 Å². The van der Waals surface area contributed by atoms with Crippen LogP contribution in [0, 0.1) is 5.92 Å². The Bertz CT molecular complexity index is 256. The molecule has 92 valence electrons. The zero-order valence-corrected chi connectivity index (χ0v) is 9.91. The average Bonchev–Trinajstić information content (AvgIpc) is 2.29. The summed E-state index contributed by atoms with van der Waals surface area (Å²) in [4.78, 5) is 22.6. The number of nitrogens with one attached hydrogen (secondary N) is 2. The number of piperidine rings is 1. The molecular weight excluding hydrogens is 208 g/mol. The third-order valence-electron chi connectivity index (χ3n) is 2.91. The lowest BCUT2D eigenvalue weighted by Gasteiger charge is -2.28. The summed E-state index contributed by atoms with van der Waals surface area (Å²) >= 11 is 0. The van der Waals surface area contributed by atoms with Crippen molar-refractivity contribution in [3.8, 4) is 0 Å². The molecule has 1 aliphatic heterocycles. The third-order valence-corrected chi connectivity index (χ3v) is 2.91. The highest BCUT2D eigenvalue weighted by molar-refractivity contribution is 5.82. The van der Waals surface area contributed by atoms with Gasteiger partial charge in [0, 0.05) is 6.54 Å². The average molecular weight is 228 g/mol. The summed E-state index contributed by atoms with van der Waals surface area (Å²) in [6, 6.07) is -0.119. The van der Waals surface area contributed by atoms with E-state index in [1.54, 1.807) is 0 Å². The van der Waals surface area contributed by atoms with Crippen molar-refractivity contribution in [2.75, 3.05) is 20.2 Å². The largest absolute Gasteiger partial charge is 0.469 e. The highest BCUT2D eigenvalue weighted by Crippen LogP contribution is 2.15. The summed E-state index contributed by atoms with van der Waals surface area (Å²) in [6.07, 6.45) is 2.42. The second kappa shape index (κ2) is 6.48. The van der Waals surface area contributed by atoms with Crippen LogP contribution in [0.3, 0.4) is 0 Å². The minimum Gasteiger partial charge on any atom is -0.469 e. The van der Waals surface area contributed by atoms with Crippen LogP contribution in [0.1, 0.15) is 26.2 Å². The van der Waals surface area contributed by atoms with Crippen LogP contribution in [0.5, 0.6) is 0 Å². The summed E-state index contributed by atoms with van der Waals surface area (Å²) < 4.78 is 4.49. The van der Waals surface area contributed by atoms with Crippen LogP contribution < -0.4 is 10.6 Å². The molecule has 0 radical (unpaired) electrons. The molecule has 0 aromatic carbocycles. The Morgan fingerprint density at radius 1 is 1.50 bits per heavy atom. The van der Waals surface area contributed by atoms with Crippen LogP contribution in [-0.2, 0) is 14.3 Å². The van der Waals surface area contributed by atoms with E-state index in [2.05, 4.69) is 22.3 Å². The molecule has 5 nitrogen and oxygen atoms in total. The van der Waals surface area contributed by atoms with Crippen molar-refractivity contribution in [2.45, 2.75) is 32.2 Å². The van der Waals surface area contributed by atoms with Crippen molar-refractivity contribution < 1.29 is 14.3 Å². The predicted molar refractivity (Wildman–Crippen MR) is 59.8 cm³/mol. The van der Waals surface area contributed by atoms with E-state index < -0.39 is 0 Å². The van der Waals surface area contributed by atoms with Gasteiger partial charge in [-0.1, -0.05) is 6.92 Å². The number of hydrogen-bond acceptors (Lipinski definition) is 4. The Morgan fingerprint density at radius 2 is 2.25 bits per heavy atom. The fraction of sp³-hybridized carbons (Fsp3) is 0.818. The molecule has 0 aromatic heterocycles. The monoisotopic (exact) mass is 228 g/mol. The first-order valence-corrected chi connectivity index (χ1v) is 5.73. The highest BCUT2D eigenvalue weighted by atomic mass is 16.5. The van der Waals surface area contributed by atoms with E-state index in [1.165, 1.54) is 7.11 Å². The number of carbonyl (C=O) groups is 2. The Labute approximate surface area is 95.9 Å². The zero-order valence-electron chi connectivity index (χ0n) is 9.91. The van der Waals surface area contributed by atoms with Crippen molar-refractivity contribution in [1.29, 1.82) is 0 Å². The normalized spacial score (nSPS) is 24.9. The molecule has 0 saturated carbocycles. The Hall–Kier alpha value is -1.10. The molecule has 1 heterocycles. The Kier molecular flexibility index (Phi) is 5.25. The fourth-order valence-corrected chi connectivity index (χ4v) is 1.90. The molecule has 5 heteroatoms. The first kappa shape index (κ1) is 13.0. The highest BCUT2D eigenvalue weighted by Gasteiger charge is 2.26. The van der Waals surface area contributed by atoms with Gasteiger partial charge in [0.2, 0.25) is 5.91 Å². The van der Waals surface area contributed by atoms with E-state index in [1.807, 2.05) is 0 Å². The summed E-state index contributed by atoms with van der Waals surface area (Å²) in [5.74, 6) is 0.0351. The molecule has 1 fully saturated rings. The van der Waals surface area contributed by atoms with Crippen molar-refractivity contribution in [2.24, 2.45) is 5.92 Å². The number of ether oxygens (including phenoxy) is 1. The number of esters is 1. The van der Waals surface area contributed by atoms with E-state index in [9.17, 15) is 9.59 Å². The lowest BCUT2D eigenvalue weighted by Crippen LogP contribution is -2.51. The smallest absolute Gasteiger partial charge is 0.307 e. The van der Waals surface area contributed by atoms with Gasteiger partial charge in [0.1, 0.15) is 0 Å². The number of hydrogen-bond donors (Lipinski definition) is 2. The second-order valence-electron chi connectivity index (χ2n) is 4.17. The fourth-order valence-electron chi connectivity index (χ4n) is 1.90. The van der Waals surface area contributed by atoms with Gasteiger partial charge in [0.25, 0.3) is 0 Å². The molecular formula is C11H20N2O3. The van der Waals surface area contributed by atoms with E-state index in [0.717, 1.165) is 19.4 Å². The third kappa shape index (κ3) is 3.81. The lowest BCUT2D eigenvalue weighted by atomic mass is 9.92. The zero-order chi connectivity index (χ0) is 12.0. The Morgan fingerprint density at radius 3 is 2.88 bits per heavy atom. The van der Waals surface area contributed by atoms with Crippen LogP contribution in [-0.4, -0.2) is 38.1 Å². The molecule has 0 bridgehead atoms. The maximum atomic E-state index is 11.8. The summed E-state index contributed by atoms with van der Waals surface area (Å²) in [7, 11) is 1.34. The first-order chi connectivity index (χ1) is 7.65. The van der Waals surface area contributed by atoms with E-state index in [-0.39, 0.29) is 24.3 Å². The van der Waals surface area contributed by atoms with Crippen LogP contribution in [0.15, 0.2) is 0 Å². The molecule has 2 atom stereocenters. The van der Waals surface area contributed by atoms with Gasteiger partial charge in [-0.3, -0.25) is 9.59 Å². The summed E-state index contributed by atoms with van der Waals surface area (Å²) in [5.41, 5.74) is 0. The minimum absolute atomic E-state index is 0.0175. The van der Waals surface area contributed by atoms with Crippen LogP contribution in [0.25, 0.3) is 0 Å². The molecule has 1 rings (SSSR count). The summed E-state index contributed by atoms with van der Waals surface area (Å²) in [6.45, 7) is 3.30. The maximum absolute atomic E-state index is 11.8.